The van der Waals surface area contributed by atoms with Gasteiger partial charge in [0.05, 0.1) is 22.5 Å². The van der Waals surface area contributed by atoms with E-state index in [0.29, 0.717) is 50.7 Å². The molecule has 1 aromatic heterocycles. The predicted molar refractivity (Wildman–Crippen MR) is 120 cm³/mol. The van der Waals surface area contributed by atoms with Gasteiger partial charge in [0.15, 0.2) is 0 Å². The van der Waals surface area contributed by atoms with E-state index in [1.54, 1.807) is 38.1 Å². The third-order valence-corrected chi connectivity index (χ3v) is 5.51. The van der Waals surface area contributed by atoms with Crippen molar-refractivity contribution in [3.05, 3.63) is 74.8 Å². The highest BCUT2D eigenvalue weighted by atomic mass is 79.9. The molecule has 0 unspecified atom stereocenters. The zero-order valence-electron chi connectivity index (χ0n) is 16.2. The van der Waals surface area contributed by atoms with Crippen molar-refractivity contribution in [1.29, 1.82) is 0 Å². The fourth-order valence-corrected chi connectivity index (χ4v) is 3.89. The van der Waals surface area contributed by atoms with Gasteiger partial charge in [0.25, 0.3) is 11.8 Å². The topological polar surface area (TPSA) is 100 Å². The van der Waals surface area contributed by atoms with Crippen molar-refractivity contribution in [2.45, 2.75) is 13.8 Å². The molecule has 0 radical (unpaired) electrons. The molecule has 152 valence electrons. The van der Waals surface area contributed by atoms with Gasteiger partial charge in [-0.2, -0.15) is 0 Å². The van der Waals surface area contributed by atoms with Crippen molar-refractivity contribution >= 4 is 56.5 Å². The van der Waals surface area contributed by atoms with E-state index in [1.165, 1.54) is 18.2 Å². The van der Waals surface area contributed by atoms with Crippen molar-refractivity contribution in [2.75, 3.05) is 16.4 Å². The van der Waals surface area contributed by atoms with Crippen LogP contribution in [0.15, 0.2) is 40.9 Å². The number of anilines is 3. The van der Waals surface area contributed by atoms with Gasteiger partial charge in [-0.15, -0.1) is 0 Å². The van der Waals surface area contributed by atoms with Gasteiger partial charge < -0.3 is 21.4 Å². The molecule has 0 spiro atoms. The van der Waals surface area contributed by atoms with Crippen molar-refractivity contribution < 1.29 is 14.0 Å². The number of aromatic nitrogens is 1. The number of nitrogens with two attached hydrogens (primary N) is 1. The average Bonchev–Trinajstić information content (AvgIpc) is 3.14. The van der Waals surface area contributed by atoms with E-state index in [0.717, 1.165) is 4.47 Å². The first kappa shape index (κ1) is 19.9. The SMILES string of the molecule is Cc1[nH]c(C=C2C(=O)Nc3ccc(F)cc32)c(C)c1C(=O)Nc1cc(Br)ccc1N. The molecule has 5 N–H and O–H groups in total. The molecule has 0 bridgehead atoms. The molecule has 0 fully saturated rings. The predicted octanol–water partition coefficient (Wildman–Crippen LogP) is 4.86. The van der Waals surface area contributed by atoms with E-state index >= 15 is 0 Å². The lowest BCUT2D eigenvalue weighted by molar-refractivity contribution is -0.110. The average molecular weight is 469 g/mol. The zero-order valence-corrected chi connectivity index (χ0v) is 17.8. The molecule has 1 aliphatic rings. The summed E-state index contributed by atoms with van der Waals surface area (Å²) in [5.74, 6) is -1.07. The number of nitrogens with one attached hydrogen (secondary N) is 3. The molecule has 2 amide bonds. The number of fused-ring (bicyclic) bond motifs is 1. The number of benzene rings is 2. The monoisotopic (exact) mass is 468 g/mol. The van der Waals surface area contributed by atoms with Crippen LogP contribution in [0.1, 0.15) is 32.9 Å². The molecule has 2 heterocycles. The Kier molecular flexibility index (Phi) is 4.95. The number of halogens is 2. The van der Waals surface area contributed by atoms with E-state index < -0.39 is 5.82 Å². The number of aromatic amines is 1. The van der Waals surface area contributed by atoms with Crippen molar-refractivity contribution in [3.8, 4) is 0 Å². The summed E-state index contributed by atoms with van der Waals surface area (Å²) in [5.41, 5.74) is 10.6. The molecule has 0 atom stereocenters. The van der Waals surface area contributed by atoms with E-state index in [9.17, 15) is 14.0 Å². The Hall–Kier alpha value is -3.39. The van der Waals surface area contributed by atoms with Crippen LogP contribution in [0.25, 0.3) is 11.6 Å². The highest BCUT2D eigenvalue weighted by Gasteiger charge is 2.26. The van der Waals surface area contributed by atoms with Crippen LogP contribution in [0.5, 0.6) is 0 Å². The molecule has 4 rings (SSSR count). The van der Waals surface area contributed by atoms with E-state index in [4.69, 9.17) is 5.73 Å². The third-order valence-electron chi connectivity index (χ3n) is 5.02. The summed E-state index contributed by atoms with van der Waals surface area (Å²) < 4.78 is 14.5. The first-order valence-electron chi connectivity index (χ1n) is 9.13. The molecule has 8 heteroatoms. The Morgan fingerprint density at radius 1 is 1.20 bits per heavy atom. The van der Waals surface area contributed by atoms with Gasteiger partial charge in [-0.1, -0.05) is 15.9 Å². The van der Waals surface area contributed by atoms with Gasteiger partial charge in [-0.3, -0.25) is 9.59 Å². The van der Waals surface area contributed by atoms with Crippen LogP contribution in [-0.2, 0) is 4.79 Å². The molecule has 0 saturated carbocycles. The molecular formula is C22H18BrFN4O2. The van der Waals surface area contributed by atoms with Crippen molar-refractivity contribution in [3.63, 3.8) is 0 Å². The molecule has 0 aliphatic carbocycles. The first-order valence-corrected chi connectivity index (χ1v) is 9.92. The van der Waals surface area contributed by atoms with E-state index in [2.05, 4.69) is 31.5 Å². The number of nitrogen functional groups attached to an aromatic ring is 1. The number of hydrogen-bond donors (Lipinski definition) is 4. The Labute approximate surface area is 180 Å². The Balaban J connectivity index is 1.70. The summed E-state index contributed by atoms with van der Waals surface area (Å²) in [6.07, 6.45) is 1.63. The van der Waals surface area contributed by atoms with E-state index in [1.807, 2.05) is 0 Å². The van der Waals surface area contributed by atoms with Crippen LogP contribution in [0.2, 0.25) is 0 Å². The van der Waals surface area contributed by atoms with Gasteiger partial charge in [-0.25, -0.2) is 4.39 Å². The van der Waals surface area contributed by atoms with Crippen LogP contribution in [-0.4, -0.2) is 16.8 Å². The lowest BCUT2D eigenvalue weighted by Crippen LogP contribution is -2.14. The Morgan fingerprint density at radius 3 is 2.73 bits per heavy atom. The smallest absolute Gasteiger partial charge is 0.257 e. The quantitative estimate of drug-likeness (QED) is 0.326. The van der Waals surface area contributed by atoms with Gasteiger partial charge in [0.2, 0.25) is 0 Å². The normalized spacial score (nSPS) is 14.0. The number of H-pyrrole nitrogens is 1. The van der Waals surface area contributed by atoms with E-state index in [-0.39, 0.29) is 11.8 Å². The molecule has 0 saturated heterocycles. The molecular weight excluding hydrogens is 451 g/mol. The minimum absolute atomic E-state index is 0.321. The lowest BCUT2D eigenvalue weighted by Gasteiger charge is -2.09. The highest BCUT2D eigenvalue weighted by Crippen LogP contribution is 2.34. The highest BCUT2D eigenvalue weighted by molar-refractivity contribution is 9.10. The zero-order chi connectivity index (χ0) is 21.6. The van der Waals surface area contributed by atoms with Crippen LogP contribution < -0.4 is 16.4 Å². The summed E-state index contributed by atoms with van der Waals surface area (Å²) in [5, 5.41) is 5.54. The largest absolute Gasteiger partial charge is 0.397 e. The van der Waals surface area contributed by atoms with Crippen LogP contribution in [0, 0.1) is 19.7 Å². The standard InChI is InChI=1S/C22H18BrFN4O2/c1-10-18(9-15-14-8-13(24)4-6-17(14)27-21(15)29)26-11(2)20(10)22(30)28-19-7-12(23)3-5-16(19)25/h3-9,26H,25H2,1-2H3,(H,27,29)(H,28,30). The maximum Gasteiger partial charge on any atom is 0.257 e. The van der Waals surface area contributed by atoms with Crippen LogP contribution in [0.4, 0.5) is 21.5 Å². The molecule has 2 aromatic carbocycles. The summed E-state index contributed by atoms with van der Waals surface area (Å²) >= 11 is 3.36. The Morgan fingerprint density at radius 2 is 1.97 bits per heavy atom. The van der Waals surface area contributed by atoms with Gasteiger partial charge in [0, 0.05) is 27.1 Å². The number of carbonyl (C=O) groups excluding carboxylic acids is 2. The number of aryl methyl sites for hydroxylation is 1. The molecule has 30 heavy (non-hydrogen) atoms. The fraction of sp³-hybridized carbons (Fsp3) is 0.0909. The molecule has 6 nitrogen and oxygen atoms in total. The summed E-state index contributed by atoms with van der Waals surface area (Å²) in [4.78, 5) is 28.5. The number of hydrogen-bond acceptors (Lipinski definition) is 3. The third kappa shape index (κ3) is 3.50. The summed E-state index contributed by atoms with van der Waals surface area (Å²) in [7, 11) is 0. The molecule has 1 aliphatic heterocycles. The fourth-order valence-electron chi connectivity index (χ4n) is 3.53. The lowest BCUT2D eigenvalue weighted by atomic mass is 10.0. The summed E-state index contributed by atoms with van der Waals surface area (Å²) in [6.45, 7) is 3.56. The van der Waals surface area contributed by atoms with Gasteiger partial charge in [0.1, 0.15) is 5.82 Å². The second-order valence-corrected chi connectivity index (χ2v) is 7.97. The van der Waals surface area contributed by atoms with Crippen molar-refractivity contribution in [1.82, 2.24) is 4.98 Å². The first-order chi connectivity index (χ1) is 14.2. The second kappa shape index (κ2) is 7.46. The Bertz CT molecular complexity index is 1250. The molecule has 3 aromatic rings. The minimum Gasteiger partial charge on any atom is -0.397 e. The minimum atomic E-state index is -0.429. The second-order valence-electron chi connectivity index (χ2n) is 7.05. The maximum atomic E-state index is 13.7. The number of rotatable bonds is 3. The van der Waals surface area contributed by atoms with Gasteiger partial charge >= 0.3 is 0 Å². The maximum absolute atomic E-state index is 13.7. The van der Waals surface area contributed by atoms with Gasteiger partial charge in [-0.05, 0) is 61.9 Å². The van der Waals surface area contributed by atoms with Crippen molar-refractivity contribution in [2.24, 2.45) is 0 Å². The summed E-state index contributed by atoms with van der Waals surface area (Å²) in [6, 6.07) is 9.34. The number of carbonyl (C=O) groups is 2. The number of amides is 2. The van der Waals surface area contributed by atoms with Crippen LogP contribution in [0.3, 0.4) is 0 Å². The van der Waals surface area contributed by atoms with Crippen LogP contribution >= 0.6 is 15.9 Å².